The van der Waals surface area contributed by atoms with Crippen LogP contribution < -0.4 is 15.4 Å². The molecule has 2 heterocycles. The van der Waals surface area contributed by atoms with E-state index >= 15 is 0 Å². The molecule has 34 heavy (non-hydrogen) atoms. The summed E-state index contributed by atoms with van der Waals surface area (Å²) in [5.41, 5.74) is 2.99. The minimum Gasteiger partial charge on any atom is -0.504 e. The number of hydrogen-bond donors (Lipinski definition) is 3. The monoisotopic (exact) mass is 458 g/mol. The van der Waals surface area contributed by atoms with E-state index in [4.69, 9.17) is 4.74 Å². The van der Waals surface area contributed by atoms with Gasteiger partial charge in [-0.3, -0.25) is 9.59 Å². The summed E-state index contributed by atoms with van der Waals surface area (Å²) in [6.07, 6.45) is 2.58. The number of nitrogens with one attached hydrogen (secondary N) is 2. The highest BCUT2D eigenvalue weighted by molar-refractivity contribution is 6.08. The Balaban J connectivity index is 1.63. The molecule has 3 aromatic rings. The third-order valence-corrected chi connectivity index (χ3v) is 6.30. The molecule has 1 aromatic heterocycles. The molecule has 0 bridgehead atoms. The minimum absolute atomic E-state index is 0.00843. The van der Waals surface area contributed by atoms with Gasteiger partial charge in [-0.2, -0.15) is 5.10 Å². The van der Waals surface area contributed by atoms with Crippen LogP contribution in [0.25, 0.3) is 0 Å². The molecule has 5 rings (SSSR count). The summed E-state index contributed by atoms with van der Waals surface area (Å²) in [6.45, 7) is 4.12. The number of Topliss-reactive ketones (excluding diaryl/α,β-unsaturated/α-hetero) is 1. The standard InChI is InChI=1S/C26H26N4O4/c1-26(2)12-18-22(20(32)13-26)23(15-9-10-19(31)21(11-15)34-3)30-24(29-18)17(14-27-30)25(33)28-16-7-5-4-6-8-16/h4-11,14,23,29,31H,12-13H2,1-3H3,(H,28,33)/t23-/m0/s1. The molecule has 0 saturated heterocycles. The highest BCUT2D eigenvalue weighted by Crippen LogP contribution is 2.47. The molecule has 0 fully saturated rings. The van der Waals surface area contributed by atoms with Crippen molar-refractivity contribution in [1.82, 2.24) is 9.78 Å². The number of amides is 1. The van der Waals surface area contributed by atoms with Gasteiger partial charge in [0.15, 0.2) is 17.3 Å². The second kappa shape index (κ2) is 8.06. The Morgan fingerprint density at radius 2 is 1.97 bits per heavy atom. The number of rotatable bonds is 4. The van der Waals surface area contributed by atoms with Gasteiger partial charge in [0.25, 0.3) is 5.91 Å². The summed E-state index contributed by atoms with van der Waals surface area (Å²) in [4.78, 5) is 26.5. The van der Waals surface area contributed by atoms with Gasteiger partial charge in [-0.25, -0.2) is 4.68 Å². The van der Waals surface area contributed by atoms with E-state index in [1.807, 2.05) is 30.3 Å². The maximum Gasteiger partial charge on any atom is 0.261 e. The number of para-hydroxylation sites is 1. The maximum atomic E-state index is 13.3. The number of phenols is 1. The predicted molar refractivity (Wildman–Crippen MR) is 128 cm³/mol. The molecule has 0 spiro atoms. The van der Waals surface area contributed by atoms with Crippen LogP contribution in [0.4, 0.5) is 11.5 Å². The van der Waals surface area contributed by atoms with Crippen LogP contribution in [0.15, 0.2) is 66.0 Å². The van der Waals surface area contributed by atoms with Crippen LogP contribution in [0.2, 0.25) is 0 Å². The number of nitrogens with zero attached hydrogens (tertiary/aromatic N) is 2. The van der Waals surface area contributed by atoms with Crippen molar-refractivity contribution in [1.29, 1.82) is 0 Å². The zero-order chi connectivity index (χ0) is 24.0. The first-order valence-corrected chi connectivity index (χ1v) is 11.1. The Hall–Kier alpha value is -4.07. The van der Waals surface area contributed by atoms with Crippen LogP contribution in [-0.2, 0) is 4.79 Å². The van der Waals surface area contributed by atoms with E-state index in [-0.39, 0.29) is 22.9 Å². The van der Waals surface area contributed by atoms with Crippen LogP contribution in [-0.4, -0.2) is 33.7 Å². The quantitative estimate of drug-likeness (QED) is 0.531. The van der Waals surface area contributed by atoms with Crippen molar-refractivity contribution in [3.63, 3.8) is 0 Å². The molecular formula is C26H26N4O4. The smallest absolute Gasteiger partial charge is 0.261 e. The summed E-state index contributed by atoms with van der Waals surface area (Å²) in [7, 11) is 1.48. The van der Waals surface area contributed by atoms with Gasteiger partial charge in [-0.15, -0.1) is 0 Å². The number of hydrogen-bond acceptors (Lipinski definition) is 6. The number of fused-ring (bicyclic) bond motifs is 1. The Kier molecular flexibility index (Phi) is 5.16. The number of ketones is 1. The zero-order valence-electron chi connectivity index (χ0n) is 19.3. The SMILES string of the molecule is COc1cc([C@H]2C3=C(CC(C)(C)CC3=O)Nc3c(C(=O)Nc4ccccc4)cnn32)ccc1O. The molecule has 0 unspecified atom stereocenters. The Morgan fingerprint density at radius 1 is 1.21 bits per heavy atom. The third kappa shape index (κ3) is 3.71. The average molecular weight is 459 g/mol. The number of phenolic OH excluding ortho intramolecular Hbond substituents is 1. The fourth-order valence-electron chi connectivity index (χ4n) is 4.77. The Bertz CT molecular complexity index is 1320. The van der Waals surface area contributed by atoms with Crippen molar-refractivity contribution < 1.29 is 19.4 Å². The van der Waals surface area contributed by atoms with Gasteiger partial charge in [0.2, 0.25) is 0 Å². The number of methoxy groups -OCH3 is 1. The first kappa shape index (κ1) is 21.8. The lowest BCUT2D eigenvalue weighted by atomic mass is 9.73. The number of allylic oxidation sites excluding steroid dienone is 2. The first-order chi connectivity index (χ1) is 16.3. The lowest BCUT2D eigenvalue weighted by molar-refractivity contribution is -0.118. The van der Waals surface area contributed by atoms with E-state index < -0.39 is 6.04 Å². The van der Waals surface area contributed by atoms with Crippen molar-refractivity contribution in [2.75, 3.05) is 17.7 Å². The summed E-state index contributed by atoms with van der Waals surface area (Å²) < 4.78 is 6.98. The van der Waals surface area contributed by atoms with E-state index in [9.17, 15) is 14.7 Å². The molecule has 1 aliphatic carbocycles. The van der Waals surface area contributed by atoms with Crippen molar-refractivity contribution >= 4 is 23.2 Å². The zero-order valence-corrected chi connectivity index (χ0v) is 19.3. The van der Waals surface area contributed by atoms with Crippen LogP contribution in [0.3, 0.4) is 0 Å². The van der Waals surface area contributed by atoms with Gasteiger partial charge in [0.05, 0.1) is 13.3 Å². The van der Waals surface area contributed by atoms with Gasteiger partial charge in [-0.1, -0.05) is 38.1 Å². The molecule has 2 aromatic carbocycles. The van der Waals surface area contributed by atoms with E-state index in [2.05, 4.69) is 29.6 Å². The molecule has 2 aliphatic rings. The summed E-state index contributed by atoms with van der Waals surface area (Å²) in [5.74, 6) is 0.570. The van der Waals surface area contributed by atoms with Crippen molar-refractivity contribution in [3.05, 3.63) is 77.1 Å². The Morgan fingerprint density at radius 3 is 2.71 bits per heavy atom. The summed E-state index contributed by atoms with van der Waals surface area (Å²) in [6, 6.07) is 13.7. The van der Waals surface area contributed by atoms with Crippen LogP contribution >= 0.6 is 0 Å². The second-order valence-corrected chi connectivity index (χ2v) is 9.46. The Labute approximate surface area is 197 Å². The highest BCUT2D eigenvalue weighted by atomic mass is 16.5. The van der Waals surface area contributed by atoms with E-state index in [1.54, 1.807) is 22.9 Å². The number of anilines is 2. The van der Waals surface area contributed by atoms with Gasteiger partial charge in [0, 0.05) is 23.4 Å². The normalized spacial score (nSPS) is 18.6. The van der Waals surface area contributed by atoms with Crippen molar-refractivity contribution in [3.8, 4) is 11.5 Å². The lowest BCUT2D eigenvalue weighted by Gasteiger charge is -2.39. The van der Waals surface area contributed by atoms with E-state index in [1.165, 1.54) is 13.3 Å². The summed E-state index contributed by atoms with van der Waals surface area (Å²) >= 11 is 0. The molecular weight excluding hydrogens is 432 g/mol. The third-order valence-electron chi connectivity index (χ3n) is 6.30. The van der Waals surface area contributed by atoms with E-state index in [0.29, 0.717) is 41.2 Å². The fourth-order valence-corrected chi connectivity index (χ4v) is 4.77. The molecule has 174 valence electrons. The van der Waals surface area contributed by atoms with Crippen LogP contribution in [0, 0.1) is 5.41 Å². The number of benzene rings is 2. The number of ether oxygens (including phenoxy) is 1. The van der Waals surface area contributed by atoms with Crippen LogP contribution in [0.5, 0.6) is 11.5 Å². The van der Waals surface area contributed by atoms with Crippen LogP contribution in [0.1, 0.15) is 48.7 Å². The number of carbonyl (C=O) groups is 2. The molecule has 0 radical (unpaired) electrons. The van der Waals surface area contributed by atoms with Crippen molar-refractivity contribution in [2.45, 2.75) is 32.7 Å². The highest BCUT2D eigenvalue weighted by Gasteiger charge is 2.42. The lowest BCUT2D eigenvalue weighted by Crippen LogP contribution is -2.37. The molecule has 0 saturated carbocycles. The van der Waals surface area contributed by atoms with Gasteiger partial charge >= 0.3 is 0 Å². The predicted octanol–water partition coefficient (Wildman–Crippen LogP) is 4.51. The summed E-state index contributed by atoms with van der Waals surface area (Å²) in [5, 5.41) is 20.9. The average Bonchev–Trinajstić information content (AvgIpc) is 3.21. The van der Waals surface area contributed by atoms with Gasteiger partial charge in [0.1, 0.15) is 17.4 Å². The number of carbonyl (C=O) groups excluding carboxylic acids is 2. The maximum absolute atomic E-state index is 13.3. The molecule has 1 amide bonds. The number of aromatic nitrogens is 2. The first-order valence-electron chi connectivity index (χ1n) is 11.1. The topological polar surface area (TPSA) is 105 Å². The molecule has 3 N–H and O–H groups in total. The van der Waals surface area contributed by atoms with Gasteiger partial charge in [-0.05, 0) is 41.7 Å². The molecule has 8 nitrogen and oxygen atoms in total. The van der Waals surface area contributed by atoms with Crippen molar-refractivity contribution in [2.24, 2.45) is 5.41 Å². The van der Waals surface area contributed by atoms with Gasteiger partial charge < -0.3 is 20.5 Å². The minimum atomic E-state index is -0.553. The molecule has 1 atom stereocenters. The second-order valence-electron chi connectivity index (χ2n) is 9.46. The largest absolute Gasteiger partial charge is 0.504 e. The van der Waals surface area contributed by atoms with E-state index in [0.717, 1.165) is 11.3 Å². The number of aromatic hydroxyl groups is 1. The molecule has 1 aliphatic heterocycles. The fraction of sp³-hybridized carbons (Fsp3) is 0.269. The molecule has 8 heteroatoms.